The Balaban J connectivity index is 1.41. The lowest BCUT2D eigenvalue weighted by Crippen LogP contribution is -2.54. The number of anilines is 1. The molecule has 3 saturated heterocycles. The number of carbonyl (C=O) groups is 2. The molecule has 0 radical (unpaired) electrons. The molecule has 3 fully saturated rings. The molecule has 0 N–H and O–H groups in total. The van der Waals surface area contributed by atoms with E-state index in [9.17, 15) is 27.7 Å². The Morgan fingerprint density at radius 1 is 1.09 bits per heavy atom. The van der Waals surface area contributed by atoms with Gasteiger partial charge in [-0.05, 0) is 42.8 Å². The number of nitrogens with zero attached hydrogens (tertiary/aromatic N) is 5. The van der Waals surface area contributed by atoms with Crippen molar-refractivity contribution in [2.24, 2.45) is 0 Å². The smallest absolute Gasteiger partial charge is 0.306 e. The summed E-state index contributed by atoms with van der Waals surface area (Å²) in [4.78, 5) is 33.2. The first kappa shape index (κ1) is 20.7. The number of fused-ring (bicyclic) bond motifs is 6. The van der Waals surface area contributed by atoms with Crippen LogP contribution in [0.4, 0.5) is 14.9 Å². The van der Waals surface area contributed by atoms with Crippen LogP contribution in [-0.2, 0) is 14.8 Å². The van der Waals surface area contributed by atoms with E-state index in [4.69, 9.17) is 0 Å². The fraction of sp³-hybridized carbons (Fsp3) is 0.217. The van der Waals surface area contributed by atoms with Crippen LogP contribution in [0.25, 0.3) is 10.9 Å². The van der Waals surface area contributed by atoms with Crippen molar-refractivity contribution in [3.05, 3.63) is 66.1 Å². The van der Waals surface area contributed by atoms with E-state index in [2.05, 4.69) is 11.1 Å². The molecule has 3 amide bonds. The van der Waals surface area contributed by atoms with Crippen molar-refractivity contribution in [3.8, 4) is 6.07 Å². The van der Waals surface area contributed by atoms with Crippen LogP contribution >= 0.6 is 0 Å². The van der Waals surface area contributed by atoms with E-state index in [1.807, 2.05) is 0 Å². The normalized spacial score (nSPS) is 24.2. The topological polar surface area (TPSA) is 115 Å². The molecule has 2 aromatic carbocycles. The summed E-state index contributed by atoms with van der Waals surface area (Å²) in [6.07, 6.45) is 1.82. The molecule has 2 bridgehead atoms. The van der Waals surface area contributed by atoms with Crippen LogP contribution < -0.4 is 4.90 Å². The van der Waals surface area contributed by atoms with Crippen molar-refractivity contribution < 1.29 is 22.4 Å². The number of aromatic nitrogens is 1. The largest absolute Gasteiger partial charge is 0.332 e. The van der Waals surface area contributed by atoms with E-state index in [0.717, 1.165) is 15.3 Å². The summed E-state index contributed by atoms with van der Waals surface area (Å²) in [7, 11) is -4.20. The highest BCUT2D eigenvalue weighted by molar-refractivity contribution is 7.89. The Morgan fingerprint density at radius 2 is 1.88 bits per heavy atom. The van der Waals surface area contributed by atoms with Gasteiger partial charge in [0.2, 0.25) is 10.0 Å². The first-order chi connectivity index (χ1) is 16.3. The molecule has 3 atom stereocenters. The predicted molar refractivity (Wildman–Crippen MR) is 117 cm³/mol. The van der Waals surface area contributed by atoms with Crippen LogP contribution in [0, 0.1) is 17.1 Å². The van der Waals surface area contributed by atoms with Gasteiger partial charge in [0.15, 0.2) is 0 Å². The number of halogens is 1. The average molecular weight is 477 g/mol. The van der Waals surface area contributed by atoms with Crippen LogP contribution in [0.1, 0.15) is 12.0 Å². The van der Waals surface area contributed by atoms with E-state index < -0.39 is 50.8 Å². The zero-order chi connectivity index (χ0) is 23.8. The summed E-state index contributed by atoms with van der Waals surface area (Å²) in [6, 6.07) is 10.7. The Bertz CT molecular complexity index is 1550. The van der Waals surface area contributed by atoms with Crippen LogP contribution in [0.3, 0.4) is 0 Å². The SMILES string of the molecule is N#Cc1ccc(N2C(=O)[C@@H]3C4CC(CN4S(=O)(=O)c4ccccc4F)N3C2=O)c2cccnc12. The maximum atomic E-state index is 14.3. The number of sulfonamides is 1. The van der Waals surface area contributed by atoms with Gasteiger partial charge < -0.3 is 4.90 Å². The lowest BCUT2D eigenvalue weighted by molar-refractivity contribution is -0.120. The van der Waals surface area contributed by atoms with Crippen molar-refractivity contribution in [1.29, 1.82) is 5.26 Å². The summed E-state index contributed by atoms with van der Waals surface area (Å²) in [6.45, 7) is -0.0135. The fourth-order valence-corrected chi connectivity index (χ4v) is 7.08. The fourth-order valence-electron chi connectivity index (χ4n) is 5.34. The summed E-state index contributed by atoms with van der Waals surface area (Å²) in [5, 5.41) is 9.85. The van der Waals surface area contributed by atoms with Crippen molar-refractivity contribution in [3.63, 3.8) is 0 Å². The molecule has 6 rings (SSSR count). The Kier molecular flexibility index (Phi) is 4.30. The highest BCUT2D eigenvalue weighted by atomic mass is 32.2. The van der Waals surface area contributed by atoms with Crippen LogP contribution in [-0.4, -0.2) is 59.2 Å². The second-order valence-corrected chi connectivity index (χ2v) is 10.3. The summed E-state index contributed by atoms with van der Waals surface area (Å²) < 4.78 is 41.9. The van der Waals surface area contributed by atoms with Gasteiger partial charge in [-0.3, -0.25) is 9.78 Å². The van der Waals surface area contributed by atoms with Gasteiger partial charge in [-0.2, -0.15) is 9.57 Å². The molecule has 1 aromatic heterocycles. The molecule has 0 saturated carbocycles. The molecule has 2 unspecified atom stereocenters. The standard InChI is InChI=1S/C23H16FN5O4S/c24-16-5-1-2-6-19(16)34(32,33)27-12-14-10-18(27)21-22(30)29(23(31)28(14)21)17-8-7-13(11-25)20-15(17)4-3-9-26-20/h1-9,14,18,21H,10,12H2/t14?,18?,21-/m0/s1. The van der Waals surface area contributed by atoms with E-state index in [-0.39, 0.29) is 12.2 Å². The molecule has 9 nitrogen and oxygen atoms in total. The zero-order valence-electron chi connectivity index (χ0n) is 17.5. The number of carbonyl (C=O) groups excluding carboxylic acids is 2. The summed E-state index contributed by atoms with van der Waals surface area (Å²) in [5.41, 5.74) is 0.956. The number of hydrogen-bond acceptors (Lipinski definition) is 6. The number of urea groups is 1. The Labute approximate surface area is 193 Å². The summed E-state index contributed by atoms with van der Waals surface area (Å²) >= 11 is 0. The maximum absolute atomic E-state index is 14.3. The molecule has 34 heavy (non-hydrogen) atoms. The minimum atomic E-state index is -4.20. The first-order valence-corrected chi connectivity index (χ1v) is 12.0. The van der Waals surface area contributed by atoms with Crippen LogP contribution in [0.2, 0.25) is 0 Å². The Hall–Kier alpha value is -3.88. The molecular formula is C23H16FN5O4S. The lowest BCUT2D eigenvalue weighted by atomic mass is 10.1. The van der Waals surface area contributed by atoms with Gasteiger partial charge >= 0.3 is 6.03 Å². The summed E-state index contributed by atoms with van der Waals surface area (Å²) in [5.74, 6) is -1.42. The van der Waals surface area contributed by atoms with Crippen molar-refractivity contribution in [1.82, 2.24) is 14.2 Å². The van der Waals surface area contributed by atoms with Gasteiger partial charge in [-0.25, -0.2) is 22.5 Å². The number of amides is 3. The predicted octanol–water partition coefficient (Wildman–Crippen LogP) is 2.23. The molecule has 3 aliphatic rings. The van der Waals surface area contributed by atoms with Gasteiger partial charge in [0, 0.05) is 24.2 Å². The van der Waals surface area contributed by atoms with Gasteiger partial charge in [-0.15, -0.1) is 0 Å². The Morgan fingerprint density at radius 3 is 2.65 bits per heavy atom. The van der Waals surface area contributed by atoms with E-state index in [0.29, 0.717) is 22.9 Å². The molecule has 170 valence electrons. The number of nitriles is 1. The first-order valence-electron chi connectivity index (χ1n) is 10.5. The molecular weight excluding hydrogens is 461 g/mol. The molecule has 0 aliphatic carbocycles. The van der Waals surface area contributed by atoms with E-state index in [1.54, 1.807) is 12.1 Å². The third-order valence-corrected chi connectivity index (χ3v) is 8.67. The monoisotopic (exact) mass is 477 g/mol. The van der Waals surface area contributed by atoms with Gasteiger partial charge in [-0.1, -0.05) is 12.1 Å². The molecule has 3 aromatic rings. The third-order valence-electron chi connectivity index (χ3n) is 6.75. The molecule has 3 aliphatic heterocycles. The molecule has 11 heteroatoms. The number of pyridine rings is 1. The van der Waals surface area contributed by atoms with Crippen molar-refractivity contribution in [2.75, 3.05) is 11.4 Å². The van der Waals surface area contributed by atoms with Crippen LogP contribution in [0.15, 0.2) is 59.6 Å². The zero-order valence-corrected chi connectivity index (χ0v) is 18.3. The maximum Gasteiger partial charge on any atom is 0.332 e. The van der Waals surface area contributed by atoms with Gasteiger partial charge in [0.25, 0.3) is 5.91 Å². The highest BCUT2D eigenvalue weighted by Crippen LogP contribution is 2.45. The second-order valence-electron chi connectivity index (χ2n) is 8.41. The van der Waals surface area contributed by atoms with E-state index >= 15 is 0 Å². The minimum absolute atomic E-state index is 0.0135. The van der Waals surface area contributed by atoms with Gasteiger partial charge in [0.1, 0.15) is 22.8 Å². The number of imide groups is 1. The lowest BCUT2D eigenvalue weighted by Gasteiger charge is -2.34. The van der Waals surface area contributed by atoms with Crippen molar-refractivity contribution >= 4 is 38.6 Å². The van der Waals surface area contributed by atoms with Crippen molar-refractivity contribution in [2.45, 2.75) is 29.4 Å². The average Bonchev–Trinajstić information content (AvgIpc) is 3.50. The molecule has 4 heterocycles. The van der Waals surface area contributed by atoms with Gasteiger partial charge in [0.05, 0.1) is 22.8 Å². The molecule has 0 spiro atoms. The highest BCUT2D eigenvalue weighted by Gasteiger charge is 2.64. The number of piperazine rings is 1. The second kappa shape index (κ2) is 7.06. The minimum Gasteiger partial charge on any atom is -0.306 e. The number of hydrogen-bond donors (Lipinski definition) is 0. The third kappa shape index (κ3) is 2.60. The number of benzene rings is 2. The van der Waals surface area contributed by atoms with E-state index in [1.165, 1.54) is 41.4 Å². The number of rotatable bonds is 3. The quantitative estimate of drug-likeness (QED) is 0.535. The van der Waals surface area contributed by atoms with Crippen LogP contribution in [0.5, 0.6) is 0 Å².